The highest BCUT2D eigenvalue weighted by Gasteiger charge is 2.20. The maximum atomic E-state index is 10.6. The summed E-state index contributed by atoms with van der Waals surface area (Å²) in [4.78, 5) is 10.6. The third kappa shape index (κ3) is 17.4. The van der Waals surface area contributed by atoms with Gasteiger partial charge >= 0.3 is 18.3 Å². The summed E-state index contributed by atoms with van der Waals surface area (Å²) in [6.45, 7) is 2.12. The number of hydrogen-bond acceptors (Lipinski definition) is 3. The van der Waals surface area contributed by atoms with Gasteiger partial charge in [0.05, 0.1) is 6.61 Å². The molecule has 14 heavy (non-hydrogen) atoms. The second kappa shape index (κ2) is 7.66. The normalized spacial score (nSPS) is 9.86. The molecule has 0 aliphatic carbocycles. The van der Waals surface area contributed by atoms with Crippen LogP contribution in [0.4, 0.5) is 17.3 Å². The van der Waals surface area contributed by atoms with Crippen LogP contribution in [-0.2, 0) is 9.53 Å². The van der Waals surface area contributed by atoms with E-state index >= 15 is 0 Å². The summed E-state index contributed by atoms with van der Waals surface area (Å²) in [5.74, 6) is -0.426. The number of esters is 1. The Labute approximate surface area is 82.8 Å². The lowest BCUT2D eigenvalue weighted by Crippen LogP contribution is -2.43. The molecule has 0 aromatic carbocycles. The third-order valence-corrected chi connectivity index (χ3v) is 1.30. The Balaban J connectivity index is 0. The van der Waals surface area contributed by atoms with Gasteiger partial charge in [0.15, 0.2) is 0 Å². The SMILES string of the molecule is CCOC(=O)C(=[NH2+])SC.F[B-](F)(F)F. The monoisotopic (exact) mass is 235 g/mol. The predicted molar refractivity (Wildman–Crippen MR) is 47.3 cm³/mol. The Kier molecular flexibility index (Phi) is 8.61. The number of carbonyl (C=O) groups excluding carboxylic acids is 1. The molecular weight excluding hydrogens is 225 g/mol. The lowest BCUT2D eigenvalue weighted by atomic mass is 10.3. The Bertz CT molecular complexity index is 193. The maximum Gasteiger partial charge on any atom is 0.673 e. The summed E-state index contributed by atoms with van der Waals surface area (Å²) < 4.78 is 43.6. The van der Waals surface area contributed by atoms with Gasteiger partial charge in [-0.05, 0) is 13.2 Å². The molecule has 2 N–H and O–H groups in total. The van der Waals surface area contributed by atoms with E-state index in [9.17, 15) is 22.1 Å². The van der Waals surface area contributed by atoms with Crippen LogP contribution in [0.15, 0.2) is 0 Å². The van der Waals surface area contributed by atoms with E-state index in [4.69, 9.17) is 5.41 Å². The third-order valence-electron chi connectivity index (χ3n) is 0.697. The molecule has 0 atom stereocenters. The molecule has 9 heteroatoms. The molecule has 0 rings (SSSR count). The molecule has 0 saturated carbocycles. The van der Waals surface area contributed by atoms with E-state index in [1.165, 1.54) is 11.8 Å². The van der Waals surface area contributed by atoms with Gasteiger partial charge in [0.2, 0.25) is 0 Å². The van der Waals surface area contributed by atoms with Gasteiger partial charge in [0, 0.05) is 0 Å². The standard InChI is InChI=1S/C5H9NO2S.BF4/c1-3-8-5(7)4(6)9-2;2-1(3,4)5/h6H,3H2,1-2H3;/q;-1/p+1. The van der Waals surface area contributed by atoms with Crippen molar-refractivity contribution >= 4 is 30.0 Å². The molecule has 0 saturated heterocycles. The van der Waals surface area contributed by atoms with Gasteiger partial charge in [-0.25, -0.2) is 10.2 Å². The smallest absolute Gasteiger partial charge is 0.458 e. The zero-order chi connectivity index (χ0) is 11.8. The van der Waals surface area contributed by atoms with Crippen molar-refractivity contribution in [1.82, 2.24) is 0 Å². The number of thioether (sulfide) groups is 1. The van der Waals surface area contributed by atoms with E-state index in [1.807, 2.05) is 0 Å². The van der Waals surface area contributed by atoms with Gasteiger partial charge in [-0.1, -0.05) is 11.8 Å². The van der Waals surface area contributed by atoms with Crippen LogP contribution in [0.1, 0.15) is 6.92 Å². The van der Waals surface area contributed by atoms with Crippen LogP contribution < -0.4 is 5.41 Å². The molecule has 0 radical (unpaired) electrons. The summed E-state index contributed by atoms with van der Waals surface area (Å²) in [6, 6.07) is 0. The van der Waals surface area contributed by atoms with Crippen LogP contribution in [0.3, 0.4) is 0 Å². The van der Waals surface area contributed by atoms with E-state index in [1.54, 1.807) is 13.2 Å². The zero-order valence-electron chi connectivity index (χ0n) is 7.60. The quantitative estimate of drug-likeness (QED) is 0.235. The molecule has 0 heterocycles. The Hall–Kier alpha value is -0.725. The highest BCUT2D eigenvalue weighted by atomic mass is 32.2. The van der Waals surface area contributed by atoms with Gasteiger partial charge in [-0.15, -0.1) is 0 Å². The molecule has 84 valence electrons. The lowest BCUT2D eigenvalue weighted by molar-refractivity contribution is -0.149. The fourth-order valence-corrected chi connectivity index (χ4v) is 0.511. The zero-order valence-corrected chi connectivity index (χ0v) is 8.41. The number of halogens is 4. The summed E-state index contributed by atoms with van der Waals surface area (Å²) in [6.07, 6.45) is 1.73. The fraction of sp³-hybridized carbons (Fsp3) is 0.600. The molecule has 0 fully saturated rings. The van der Waals surface area contributed by atoms with Crippen molar-refractivity contribution in [1.29, 1.82) is 0 Å². The minimum Gasteiger partial charge on any atom is -0.458 e. The average Bonchev–Trinajstić information content (AvgIpc) is 2.00. The molecule has 0 aromatic rings. The van der Waals surface area contributed by atoms with E-state index in [2.05, 4.69) is 4.74 Å². The molecule has 3 nitrogen and oxygen atoms in total. The van der Waals surface area contributed by atoms with Crippen LogP contribution in [0, 0.1) is 0 Å². The Morgan fingerprint density at radius 1 is 1.43 bits per heavy atom. The summed E-state index contributed by atoms with van der Waals surface area (Å²) in [5, 5.41) is 5.41. The van der Waals surface area contributed by atoms with Gasteiger partial charge in [0.25, 0.3) is 0 Å². The first-order valence-corrected chi connectivity index (χ1v) is 4.65. The minimum atomic E-state index is -6.00. The van der Waals surface area contributed by atoms with Crippen molar-refractivity contribution in [2.24, 2.45) is 0 Å². The second-order valence-corrected chi connectivity index (χ2v) is 2.63. The van der Waals surface area contributed by atoms with E-state index in [-0.39, 0.29) is 5.04 Å². The molecule has 0 amide bonds. The van der Waals surface area contributed by atoms with Crippen molar-refractivity contribution in [2.45, 2.75) is 6.92 Å². The average molecular weight is 235 g/mol. The molecular formula is C5H10BF4NO2S. The van der Waals surface area contributed by atoms with Gasteiger partial charge in [0.1, 0.15) is 0 Å². The Morgan fingerprint density at radius 2 is 1.79 bits per heavy atom. The highest BCUT2D eigenvalue weighted by molar-refractivity contribution is 8.14. The van der Waals surface area contributed by atoms with E-state index < -0.39 is 13.2 Å². The largest absolute Gasteiger partial charge is 0.673 e. The number of rotatable bonds is 1. The fourth-order valence-electron chi connectivity index (χ4n) is 0.286. The molecule has 0 bridgehead atoms. The number of hydrogen-bond donors (Lipinski definition) is 1. The summed E-state index contributed by atoms with van der Waals surface area (Å²) >= 11 is 1.19. The maximum absolute atomic E-state index is 10.6. The first kappa shape index (κ1) is 15.7. The summed E-state index contributed by atoms with van der Waals surface area (Å²) in [5.41, 5.74) is 0. The predicted octanol–water partition coefficient (Wildman–Crippen LogP) is 0.370. The van der Waals surface area contributed by atoms with Crippen molar-refractivity contribution in [2.75, 3.05) is 12.9 Å². The van der Waals surface area contributed by atoms with Crippen molar-refractivity contribution < 1.29 is 32.2 Å². The Morgan fingerprint density at radius 3 is 2.00 bits per heavy atom. The first-order valence-electron chi connectivity index (χ1n) is 3.43. The lowest BCUT2D eigenvalue weighted by Gasteiger charge is -1.94. The molecule has 0 aromatic heterocycles. The van der Waals surface area contributed by atoms with Crippen LogP contribution in [-0.4, -0.2) is 31.1 Å². The highest BCUT2D eigenvalue weighted by Crippen LogP contribution is 2.06. The second-order valence-electron chi connectivity index (χ2n) is 1.78. The summed E-state index contributed by atoms with van der Waals surface area (Å²) in [7, 11) is -6.00. The van der Waals surface area contributed by atoms with Crippen molar-refractivity contribution in [3.63, 3.8) is 0 Å². The van der Waals surface area contributed by atoms with Crippen LogP contribution in [0.25, 0.3) is 0 Å². The number of ether oxygens (including phenoxy) is 1. The van der Waals surface area contributed by atoms with Gasteiger partial charge in [-0.2, -0.15) is 0 Å². The topological polar surface area (TPSA) is 51.9 Å². The van der Waals surface area contributed by atoms with E-state index in [0.29, 0.717) is 6.61 Å². The van der Waals surface area contributed by atoms with Crippen molar-refractivity contribution in [3.8, 4) is 0 Å². The van der Waals surface area contributed by atoms with Crippen molar-refractivity contribution in [3.05, 3.63) is 0 Å². The molecule has 0 unspecified atom stereocenters. The van der Waals surface area contributed by atoms with Crippen LogP contribution in [0.2, 0.25) is 0 Å². The van der Waals surface area contributed by atoms with Crippen LogP contribution >= 0.6 is 11.8 Å². The minimum absolute atomic E-state index is 0.205. The van der Waals surface area contributed by atoms with E-state index in [0.717, 1.165) is 0 Å². The molecule has 0 spiro atoms. The van der Waals surface area contributed by atoms with Gasteiger partial charge in [-0.3, -0.25) is 0 Å². The number of nitrogens with two attached hydrogens (primary N) is 1. The first-order chi connectivity index (χ1) is 6.22. The van der Waals surface area contributed by atoms with Crippen LogP contribution in [0.5, 0.6) is 0 Å². The molecule has 0 aliphatic heterocycles. The van der Waals surface area contributed by atoms with Gasteiger partial charge < -0.3 is 22.0 Å². The molecule has 0 aliphatic rings. The number of carbonyl (C=O) groups is 1.